The average Bonchev–Trinajstić information content (AvgIpc) is 3.13. The Morgan fingerprint density at radius 1 is 1.10 bits per heavy atom. The summed E-state index contributed by atoms with van der Waals surface area (Å²) in [5.74, 6) is -0.241. The fourth-order valence-corrected chi connectivity index (χ4v) is 3.12. The summed E-state index contributed by atoms with van der Waals surface area (Å²) in [6, 6.07) is 16.0. The highest BCUT2D eigenvalue weighted by Crippen LogP contribution is 2.21. The molecule has 2 aromatic heterocycles. The van der Waals surface area contributed by atoms with Crippen molar-refractivity contribution in [3.8, 4) is 5.88 Å². The molecule has 0 fully saturated rings. The second-order valence-corrected chi connectivity index (χ2v) is 6.77. The molecule has 0 unspecified atom stereocenters. The van der Waals surface area contributed by atoms with Gasteiger partial charge in [0.05, 0.1) is 17.3 Å². The first-order valence-electron chi connectivity index (χ1n) is 9.41. The summed E-state index contributed by atoms with van der Waals surface area (Å²) in [5, 5.41) is 20.0. The number of nitrogens with one attached hydrogen (secondary N) is 2. The number of hydrogen-bond acceptors (Lipinski definition) is 6. The van der Waals surface area contributed by atoms with Crippen LogP contribution in [0.1, 0.15) is 15.9 Å². The zero-order chi connectivity index (χ0) is 21.8. The molecule has 0 aliphatic carbocycles. The van der Waals surface area contributed by atoms with Crippen molar-refractivity contribution in [2.24, 2.45) is 7.05 Å². The molecule has 4 aromatic rings. The van der Waals surface area contributed by atoms with Crippen LogP contribution in [0.15, 0.2) is 67.0 Å². The molecular weight excluding hydrogens is 398 g/mol. The largest absolute Gasteiger partial charge is 0.512 e. The molecule has 0 saturated carbocycles. The van der Waals surface area contributed by atoms with Crippen molar-refractivity contribution in [1.29, 1.82) is 0 Å². The van der Waals surface area contributed by atoms with E-state index in [0.717, 1.165) is 16.5 Å². The fraction of sp³-hybridized carbons (Fsp3) is 0.0909. The summed E-state index contributed by atoms with van der Waals surface area (Å²) >= 11 is 0. The number of amides is 1. The van der Waals surface area contributed by atoms with E-state index in [-0.39, 0.29) is 11.8 Å². The SMILES string of the molecule is Cn1ncc2ccc(NC(=O)c3ccccc3NCc3ccc(OC(=O)O)nc3)cc21. The second-order valence-electron chi connectivity index (χ2n) is 6.77. The highest BCUT2D eigenvalue weighted by molar-refractivity contribution is 6.08. The predicted molar refractivity (Wildman–Crippen MR) is 115 cm³/mol. The van der Waals surface area contributed by atoms with Crippen LogP contribution in [0.4, 0.5) is 16.2 Å². The van der Waals surface area contributed by atoms with Crippen LogP contribution >= 0.6 is 0 Å². The molecule has 0 aliphatic heterocycles. The number of carbonyl (C=O) groups is 2. The molecule has 9 nitrogen and oxygen atoms in total. The van der Waals surface area contributed by atoms with E-state index in [1.54, 1.807) is 29.1 Å². The van der Waals surface area contributed by atoms with Gasteiger partial charge in [-0.3, -0.25) is 9.48 Å². The van der Waals surface area contributed by atoms with Gasteiger partial charge in [0.25, 0.3) is 5.91 Å². The third-order valence-electron chi connectivity index (χ3n) is 4.65. The van der Waals surface area contributed by atoms with Gasteiger partial charge in [0.1, 0.15) is 0 Å². The monoisotopic (exact) mass is 417 g/mol. The lowest BCUT2D eigenvalue weighted by molar-refractivity contribution is 0.102. The minimum atomic E-state index is -1.42. The van der Waals surface area contributed by atoms with Crippen LogP contribution in [0.2, 0.25) is 0 Å². The number of anilines is 2. The van der Waals surface area contributed by atoms with E-state index in [2.05, 4.69) is 25.5 Å². The van der Waals surface area contributed by atoms with Gasteiger partial charge in [0.15, 0.2) is 0 Å². The molecule has 1 amide bonds. The number of carbonyl (C=O) groups excluding carboxylic acids is 1. The normalized spacial score (nSPS) is 10.6. The minimum Gasteiger partial charge on any atom is -0.449 e. The maximum Gasteiger partial charge on any atom is 0.512 e. The van der Waals surface area contributed by atoms with Crippen LogP contribution in [0, 0.1) is 0 Å². The van der Waals surface area contributed by atoms with E-state index in [9.17, 15) is 9.59 Å². The molecule has 0 atom stereocenters. The number of nitrogens with zero attached hydrogens (tertiary/aromatic N) is 3. The van der Waals surface area contributed by atoms with Crippen LogP contribution in [0.25, 0.3) is 10.9 Å². The molecular formula is C22H19N5O4. The van der Waals surface area contributed by atoms with E-state index in [1.165, 1.54) is 12.3 Å². The van der Waals surface area contributed by atoms with Crippen molar-refractivity contribution < 1.29 is 19.4 Å². The summed E-state index contributed by atoms with van der Waals surface area (Å²) in [7, 11) is 1.85. The van der Waals surface area contributed by atoms with E-state index >= 15 is 0 Å². The lowest BCUT2D eigenvalue weighted by Gasteiger charge is -2.12. The van der Waals surface area contributed by atoms with Crippen LogP contribution < -0.4 is 15.4 Å². The number of ether oxygens (including phenoxy) is 1. The summed E-state index contributed by atoms with van der Waals surface area (Å²) < 4.78 is 6.25. The number of carboxylic acid groups (broad SMARTS) is 1. The Bertz CT molecular complexity index is 1250. The number of pyridine rings is 1. The van der Waals surface area contributed by atoms with Gasteiger partial charge < -0.3 is 20.5 Å². The van der Waals surface area contributed by atoms with Crippen molar-refractivity contribution in [2.45, 2.75) is 6.54 Å². The molecule has 0 radical (unpaired) electrons. The van der Waals surface area contributed by atoms with Gasteiger partial charge >= 0.3 is 6.16 Å². The average molecular weight is 417 g/mol. The number of benzene rings is 2. The standard InChI is InChI=1S/C22H19N5O4/c1-27-19-10-16(8-7-15(19)13-25-27)26-21(28)17-4-2-3-5-18(17)23-11-14-6-9-20(24-12-14)31-22(29)30/h2-10,12-13,23H,11H2,1H3,(H,26,28)(H,29,30). The van der Waals surface area contributed by atoms with Crippen LogP contribution in [0.5, 0.6) is 5.88 Å². The molecule has 9 heteroatoms. The topological polar surface area (TPSA) is 118 Å². The third kappa shape index (κ3) is 4.61. The number of aromatic nitrogens is 3. The van der Waals surface area contributed by atoms with Gasteiger partial charge in [-0.05, 0) is 35.9 Å². The van der Waals surface area contributed by atoms with Crippen molar-refractivity contribution in [2.75, 3.05) is 10.6 Å². The Morgan fingerprint density at radius 3 is 2.71 bits per heavy atom. The maximum absolute atomic E-state index is 12.9. The van der Waals surface area contributed by atoms with Crippen LogP contribution in [-0.2, 0) is 13.6 Å². The summed E-state index contributed by atoms with van der Waals surface area (Å²) in [6.45, 7) is 0.394. The quantitative estimate of drug-likeness (QED) is 0.407. The van der Waals surface area contributed by atoms with Gasteiger partial charge in [0, 0.05) is 42.6 Å². The van der Waals surface area contributed by atoms with Gasteiger partial charge in [0.2, 0.25) is 5.88 Å². The summed E-state index contributed by atoms with van der Waals surface area (Å²) in [6.07, 6.45) is 1.87. The Morgan fingerprint density at radius 2 is 1.94 bits per heavy atom. The summed E-state index contributed by atoms with van der Waals surface area (Å²) in [5.41, 5.74) is 3.55. The van der Waals surface area contributed by atoms with Gasteiger partial charge in [-0.15, -0.1) is 0 Å². The second kappa shape index (κ2) is 8.54. The van der Waals surface area contributed by atoms with Gasteiger partial charge in [-0.2, -0.15) is 5.10 Å². The highest BCUT2D eigenvalue weighted by atomic mass is 16.7. The number of fused-ring (bicyclic) bond motifs is 1. The van der Waals surface area contributed by atoms with Gasteiger partial charge in [-0.25, -0.2) is 9.78 Å². The molecule has 0 saturated heterocycles. The van der Waals surface area contributed by atoms with Crippen LogP contribution in [0.3, 0.4) is 0 Å². The number of hydrogen-bond donors (Lipinski definition) is 3. The number of rotatable bonds is 6. The Balaban J connectivity index is 1.46. The molecule has 2 aromatic carbocycles. The van der Waals surface area contributed by atoms with Crippen LogP contribution in [-0.4, -0.2) is 31.9 Å². The van der Waals surface area contributed by atoms with Crippen molar-refractivity contribution in [3.05, 3.63) is 78.1 Å². The molecule has 4 rings (SSSR count). The predicted octanol–water partition coefficient (Wildman–Crippen LogP) is 3.89. The lowest BCUT2D eigenvalue weighted by atomic mass is 10.1. The van der Waals surface area contributed by atoms with Crippen molar-refractivity contribution >= 4 is 34.3 Å². The van der Waals surface area contributed by atoms with E-state index in [1.807, 2.05) is 37.4 Å². The fourth-order valence-electron chi connectivity index (χ4n) is 3.12. The zero-order valence-electron chi connectivity index (χ0n) is 16.6. The highest BCUT2D eigenvalue weighted by Gasteiger charge is 2.12. The third-order valence-corrected chi connectivity index (χ3v) is 4.65. The van der Waals surface area contributed by atoms with E-state index in [0.29, 0.717) is 23.5 Å². The Labute approximate surface area is 177 Å². The first-order chi connectivity index (χ1) is 15.0. The maximum atomic E-state index is 12.9. The van der Waals surface area contributed by atoms with Gasteiger partial charge in [-0.1, -0.05) is 18.2 Å². The molecule has 0 aliphatic rings. The molecule has 0 bridgehead atoms. The van der Waals surface area contributed by atoms with E-state index in [4.69, 9.17) is 5.11 Å². The molecule has 156 valence electrons. The lowest BCUT2D eigenvalue weighted by Crippen LogP contribution is -2.15. The molecule has 0 spiro atoms. The zero-order valence-corrected chi connectivity index (χ0v) is 16.6. The Kier molecular flexibility index (Phi) is 5.48. The minimum absolute atomic E-state index is 0.00131. The Hall–Kier alpha value is -4.40. The van der Waals surface area contributed by atoms with Crippen molar-refractivity contribution in [3.63, 3.8) is 0 Å². The van der Waals surface area contributed by atoms with Crippen molar-refractivity contribution in [1.82, 2.24) is 14.8 Å². The first-order valence-corrected chi connectivity index (χ1v) is 9.41. The molecule has 3 N–H and O–H groups in total. The molecule has 2 heterocycles. The number of aryl methyl sites for hydroxylation is 1. The summed E-state index contributed by atoms with van der Waals surface area (Å²) in [4.78, 5) is 27.4. The van der Waals surface area contributed by atoms with E-state index < -0.39 is 6.16 Å². The number of para-hydroxylation sites is 1. The molecule has 31 heavy (non-hydrogen) atoms. The smallest absolute Gasteiger partial charge is 0.449 e. The first kappa shape index (κ1) is 19.9.